The fraction of sp³-hybridized carbons (Fsp3) is 0.632. The number of sulfonamides is 1. The van der Waals surface area contributed by atoms with Crippen molar-refractivity contribution in [2.45, 2.75) is 25.7 Å². The number of anilines is 1. The van der Waals surface area contributed by atoms with E-state index in [4.69, 9.17) is 0 Å². The molecule has 150 valence electrons. The Morgan fingerprint density at radius 2 is 1.74 bits per heavy atom. The predicted molar refractivity (Wildman–Crippen MR) is 106 cm³/mol. The lowest BCUT2D eigenvalue weighted by molar-refractivity contribution is -0.933. The van der Waals surface area contributed by atoms with E-state index in [1.54, 1.807) is 18.2 Å². The summed E-state index contributed by atoms with van der Waals surface area (Å²) < 4.78 is 27.8. The molecule has 3 saturated heterocycles. The lowest BCUT2D eigenvalue weighted by Crippen LogP contribution is -2.68. The Morgan fingerprint density at radius 1 is 1.15 bits per heavy atom. The number of rotatable bonds is 7. The number of piperazine rings is 3. The number of amides is 1. The Bertz CT molecular complexity index is 783. The summed E-state index contributed by atoms with van der Waals surface area (Å²) >= 11 is 0. The Hall–Kier alpha value is -1.48. The summed E-state index contributed by atoms with van der Waals surface area (Å²) in [5.41, 5.74) is 1.45. The van der Waals surface area contributed by atoms with Crippen LogP contribution in [0.4, 0.5) is 5.69 Å². The number of hydrogen-bond acceptors (Lipinski definition) is 4. The van der Waals surface area contributed by atoms with E-state index in [9.17, 15) is 13.2 Å². The number of quaternary nitrogens is 1. The molecule has 0 spiro atoms. The van der Waals surface area contributed by atoms with Crippen LogP contribution in [0.15, 0.2) is 23.1 Å². The maximum Gasteiger partial charge on any atom is 0.279 e. The van der Waals surface area contributed by atoms with Crippen molar-refractivity contribution in [2.24, 2.45) is 0 Å². The molecule has 0 atom stereocenters. The lowest BCUT2D eigenvalue weighted by Gasteiger charge is -2.50. The number of hydrogen-bond donors (Lipinski definition) is 1. The SMILES string of the molecule is CCN(CC)S(=O)(=O)c1ccc(C)c(NC(=O)C[N+]23CCN(CC2)CC3)c1. The zero-order valence-corrected chi connectivity index (χ0v) is 17.4. The Labute approximate surface area is 162 Å². The van der Waals surface area contributed by atoms with Crippen LogP contribution in [-0.4, -0.2) is 86.9 Å². The molecule has 27 heavy (non-hydrogen) atoms. The van der Waals surface area contributed by atoms with Crippen molar-refractivity contribution in [3.63, 3.8) is 0 Å². The maximum atomic E-state index is 12.8. The van der Waals surface area contributed by atoms with E-state index < -0.39 is 10.0 Å². The molecule has 0 unspecified atom stereocenters. The van der Waals surface area contributed by atoms with Gasteiger partial charge >= 0.3 is 0 Å². The maximum absolute atomic E-state index is 12.8. The highest BCUT2D eigenvalue weighted by Gasteiger charge is 2.39. The van der Waals surface area contributed by atoms with Crippen LogP contribution in [0.1, 0.15) is 19.4 Å². The minimum Gasteiger partial charge on any atom is -0.321 e. The van der Waals surface area contributed by atoms with Crippen LogP contribution in [0, 0.1) is 6.92 Å². The van der Waals surface area contributed by atoms with Gasteiger partial charge in [-0.05, 0) is 24.6 Å². The molecule has 1 N–H and O–H groups in total. The van der Waals surface area contributed by atoms with Gasteiger partial charge in [0.25, 0.3) is 5.91 Å². The molecule has 3 heterocycles. The van der Waals surface area contributed by atoms with Gasteiger partial charge in [0.15, 0.2) is 6.54 Å². The predicted octanol–water partition coefficient (Wildman–Crippen LogP) is 1.11. The van der Waals surface area contributed by atoms with Crippen LogP contribution in [0.2, 0.25) is 0 Å². The normalized spacial score (nSPS) is 25.0. The average molecular weight is 396 g/mol. The van der Waals surface area contributed by atoms with Crippen LogP contribution in [0.5, 0.6) is 0 Å². The van der Waals surface area contributed by atoms with E-state index in [-0.39, 0.29) is 10.8 Å². The van der Waals surface area contributed by atoms with Gasteiger partial charge < -0.3 is 9.80 Å². The van der Waals surface area contributed by atoms with Crippen molar-refractivity contribution in [1.29, 1.82) is 0 Å². The first-order chi connectivity index (χ1) is 12.8. The summed E-state index contributed by atoms with van der Waals surface area (Å²) in [4.78, 5) is 15.4. The van der Waals surface area contributed by atoms with Crippen molar-refractivity contribution in [3.05, 3.63) is 23.8 Å². The summed E-state index contributed by atoms with van der Waals surface area (Å²) in [5.74, 6) is -0.0363. The first kappa shape index (κ1) is 20.3. The van der Waals surface area contributed by atoms with Gasteiger partial charge in [-0.3, -0.25) is 9.69 Å². The number of benzene rings is 1. The quantitative estimate of drug-likeness (QED) is 0.702. The van der Waals surface area contributed by atoms with Crippen molar-refractivity contribution >= 4 is 21.6 Å². The summed E-state index contributed by atoms with van der Waals surface area (Å²) in [6, 6.07) is 4.97. The van der Waals surface area contributed by atoms with E-state index in [2.05, 4.69) is 10.2 Å². The van der Waals surface area contributed by atoms with Crippen LogP contribution < -0.4 is 5.32 Å². The summed E-state index contributed by atoms with van der Waals surface area (Å²) in [6.45, 7) is 13.1. The summed E-state index contributed by atoms with van der Waals surface area (Å²) in [7, 11) is -3.54. The second-order valence-corrected chi connectivity index (χ2v) is 9.56. The second kappa shape index (κ2) is 7.87. The highest BCUT2D eigenvalue weighted by Crippen LogP contribution is 2.24. The van der Waals surface area contributed by atoms with Crippen molar-refractivity contribution in [2.75, 3.05) is 64.2 Å². The van der Waals surface area contributed by atoms with Crippen LogP contribution >= 0.6 is 0 Å². The van der Waals surface area contributed by atoms with Gasteiger partial charge in [0.2, 0.25) is 10.0 Å². The topological polar surface area (TPSA) is 69.7 Å². The molecule has 0 aromatic heterocycles. The first-order valence-corrected chi connectivity index (χ1v) is 11.2. The molecule has 3 aliphatic rings. The minimum absolute atomic E-state index is 0.0363. The molecule has 1 aromatic rings. The van der Waals surface area contributed by atoms with Gasteiger partial charge in [0.05, 0.1) is 24.5 Å². The van der Waals surface area contributed by atoms with E-state index in [1.807, 2.05) is 20.8 Å². The fourth-order valence-electron chi connectivity index (χ4n) is 4.07. The minimum atomic E-state index is -3.54. The smallest absolute Gasteiger partial charge is 0.279 e. The monoisotopic (exact) mass is 395 g/mol. The highest BCUT2D eigenvalue weighted by atomic mass is 32.2. The number of carbonyl (C=O) groups is 1. The van der Waals surface area contributed by atoms with E-state index in [0.717, 1.165) is 49.3 Å². The van der Waals surface area contributed by atoms with E-state index in [0.29, 0.717) is 25.3 Å². The Morgan fingerprint density at radius 3 is 2.30 bits per heavy atom. The van der Waals surface area contributed by atoms with Gasteiger partial charge in [-0.25, -0.2) is 8.42 Å². The van der Waals surface area contributed by atoms with Gasteiger partial charge in [0, 0.05) is 38.4 Å². The molecule has 0 radical (unpaired) electrons. The molecule has 4 rings (SSSR count). The molecule has 1 aromatic carbocycles. The zero-order chi connectivity index (χ0) is 19.7. The highest BCUT2D eigenvalue weighted by molar-refractivity contribution is 7.89. The van der Waals surface area contributed by atoms with Gasteiger partial charge in [-0.1, -0.05) is 19.9 Å². The molecule has 0 saturated carbocycles. The third-order valence-electron chi connectivity index (χ3n) is 5.98. The number of aryl methyl sites for hydroxylation is 1. The average Bonchev–Trinajstić information content (AvgIpc) is 2.65. The molecular weight excluding hydrogens is 364 g/mol. The molecule has 1 amide bonds. The first-order valence-electron chi connectivity index (χ1n) is 9.78. The second-order valence-electron chi connectivity index (χ2n) is 7.63. The number of fused-ring (bicyclic) bond motifs is 3. The van der Waals surface area contributed by atoms with Crippen LogP contribution in [-0.2, 0) is 14.8 Å². The van der Waals surface area contributed by atoms with Crippen LogP contribution in [0.3, 0.4) is 0 Å². The van der Waals surface area contributed by atoms with E-state index in [1.165, 1.54) is 4.31 Å². The molecule has 2 bridgehead atoms. The molecule has 0 aliphatic carbocycles. The van der Waals surface area contributed by atoms with E-state index >= 15 is 0 Å². The fourth-order valence-corrected chi connectivity index (χ4v) is 5.56. The third kappa shape index (κ3) is 4.18. The number of nitrogens with zero attached hydrogens (tertiary/aromatic N) is 3. The lowest BCUT2D eigenvalue weighted by atomic mass is 10.1. The van der Waals surface area contributed by atoms with Crippen molar-refractivity contribution in [3.8, 4) is 0 Å². The molecule has 7 nitrogen and oxygen atoms in total. The van der Waals surface area contributed by atoms with Crippen LogP contribution in [0.25, 0.3) is 0 Å². The molecule has 3 aliphatic heterocycles. The Balaban J connectivity index is 1.76. The molecular formula is C19H31N4O3S+. The van der Waals surface area contributed by atoms with Gasteiger partial charge in [-0.2, -0.15) is 4.31 Å². The summed E-state index contributed by atoms with van der Waals surface area (Å²) in [5, 5.41) is 2.97. The summed E-state index contributed by atoms with van der Waals surface area (Å²) in [6.07, 6.45) is 0. The van der Waals surface area contributed by atoms with Gasteiger partial charge in [0.1, 0.15) is 0 Å². The van der Waals surface area contributed by atoms with Crippen molar-refractivity contribution in [1.82, 2.24) is 9.21 Å². The third-order valence-corrected chi connectivity index (χ3v) is 8.02. The largest absolute Gasteiger partial charge is 0.321 e. The standard InChI is InChI=1S/C19H30N4O3S/c1-4-22(5-2)27(25,26)17-7-6-16(3)18(14-17)20-19(24)15-23-11-8-21(9-12-23)10-13-23/h6-7,14H,4-5,8-13,15H2,1-3H3/p+1. The molecule has 8 heteroatoms. The zero-order valence-electron chi connectivity index (χ0n) is 16.6. The van der Waals surface area contributed by atoms with Gasteiger partial charge in [-0.15, -0.1) is 0 Å². The number of nitrogens with one attached hydrogen (secondary N) is 1. The van der Waals surface area contributed by atoms with Crippen molar-refractivity contribution < 1.29 is 17.7 Å². The number of carbonyl (C=O) groups excluding carboxylic acids is 1. The molecule has 3 fully saturated rings. The Kier molecular flexibility index (Phi) is 5.90.